The maximum atomic E-state index is 14.4. The van der Waals surface area contributed by atoms with Gasteiger partial charge in [-0.15, -0.1) is 0 Å². The quantitative estimate of drug-likeness (QED) is 0.504. The molecule has 3 N–H and O–H groups in total. The Hall–Kier alpha value is -3.41. The summed E-state index contributed by atoms with van der Waals surface area (Å²) in [4.78, 5) is 27.1. The molecule has 1 aromatic carbocycles. The lowest BCUT2D eigenvalue weighted by Crippen LogP contribution is -2.29. The van der Waals surface area contributed by atoms with Gasteiger partial charge < -0.3 is 20.6 Å². The number of rotatable bonds is 5. The number of fused-ring (bicyclic) bond motifs is 1. The zero-order chi connectivity index (χ0) is 24.7. The van der Waals surface area contributed by atoms with Crippen molar-refractivity contribution in [1.82, 2.24) is 24.4 Å². The van der Waals surface area contributed by atoms with Crippen molar-refractivity contribution < 1.29 is 23.1 Å². The average Bonchev–Trinajstić information content (AvgIpc) is 3.42. The van der Waals surface area contributed by atoms with Crippen molar-refractivity contribution in [2.75, 3.05) is 23.7 Å². The zero-order valence-electron chi connectivity index (χ0n) is 19.1. The van der Waals surface area contributed by atoms with Gasteiger partial charge in [-0.2, -0.15) is 4.98 Å². The van der Waals surface area contributed by atoms with Crippen LogP contribution in [0.2, 0.25) is 0 Å². The third-order valence-corrected chi connectivity index (χ3v) is 6.68. The number of aliphatic hydroxyl groups excluding tert-OH is 1. The van der Waals surface area contributed by atoms with Gasteiger partial charge in [0.1, 0.15) is 17.0 Å². The summed E-state index contributed by atoms with van der Waals surface area (Å²) in [5.74, 6) is -2.78. The first kappa shape index (κ1) is 23.3. The molecule has 3 aromatic rings. The normalized spacial score (nSPS) is 22.5. The fraction of sp³-hybridized carbons (Fsp3) is 0.478. The summed E-state index contributed by atoms with van der Waals surface area (Å²) in [6.45, 7) is 2.40. The topological polar surface area (TPSA) is 108 Å². The van der Waals surface area contributed by atoms with E-state index in [1.807, 2.05) is 0 Å². The fourth-order valence-corrected chi connectivity index (χ4v) is 4.81. The summed E-state index contributed by atoms with van der Waals surface area (Å²) in [6, 6.07) is 1.06. The Bertz CT molecular complexity index is 1240. The second-order valence-corrected chi connectivity index (χ2v) is 9.13. The van der Waals surface area contributed by atoms with Crippen LogP contribution in [0.3, 0.4) is 0 Å². The van der Waals surface area contributed by atoms with Crippen LogP contribution in [0.1, 0.15) is 45.1 Å². The average molecular weight is 490 g/mol. The minimum atomic E-state index is -1.09. The largest absolute Gasteiger partial charge is 0.393 e. The molecule has 1 aliphatic heterocycles. The molecular weight excluding hydrogens is 463 g/mol. The monoisotopic (exact) mass is 489 g/mol. The lowest BCUT2D eigenvalue weighted by Gasteiger charge is -2.26. The number of hydrogen-bond acceptors (Lipinski definition) is 7. The second-order valence-electron chi connectivity index (χ2n) is 9.13. The van der Waals surface area contributed by atoms with Crippen LogP contribution in [0.15, 0.2) is 18.3 Å². The van der Waals surface area contributed by atoms with Crippen molar-refractivity contribution in [2.24, 2.45) is 0 Å². The van der Waals surface area contributed by atoms with Gasteiger partial charge in [-0.3, -0.25) is 9.36 Å². The second kappa shape index (κ2) is 9.33. The highest BCUT2D eigenvalue weighted by Gasteiger charge is 2.30. The van der Waals surface area contributed by atoms with Gasteiger partial charge in [0.05, 0.1) is 18.3 Å². The molecule has 0 unspecified atom stereocenters. The maximum absolute atomic E-state index is 14.4. The Balaban J connectivity index is 1.52. The highest BCUT2D eigenvalue weighted by atomic mass is 19.1. The summed E-state index contributed by atoms with van der Waals surface area (Å²) < 4.78 is 43.9. The van der Waals surface area contributed by atoms with Crippen LogP contribution >= 0.6 is 0 Å². The Labute approximate surface area is 199 Å². The van der Waals surface area contributed by atoms with Gasteiger partial charge in [0.15, 0.2) is 17.3 Å². The summed E-state index contributed by atoms with van der Waals surface area (Å²) in [6.07, 6.45) is 4.81. The third-order valence-electron chi connectivity index (χ3n) is 6.68. The summed E-state index contributed by atoms with van der Waals surface area (Å²) >= 11 is 0. The van der Waals surface area contributed by atoms with E-state index in [0.717, 1.165) is 12.8 Å². The first-order valence-electron chi connectivity index (χ1n) is 11.6. The number of nitrogens with zero attached hydrogens (tertiary/aromatic N) is 5. The number of hydrogen-bond donors (Lipinski definition) is 3. The number of anilines is 3. The third kappa shape index (κ3) is 4.75. The van der Waals surface area contributed by atoms with Gasteiger partial charge in [-0.25, -0.2) is 23.1 Å². The van der Waals surface area contributed by atoms with E-state index in [-0.39, 0.29) is 30.0 Å². The lowest BCUT2D eigenvalue weighted by atomic mass is 9.93. The number of carbonyl (C=O) groups is 1. The smallest absolute Gasteiger partial charge is 0.224 e. The van der Waals surface area contributed by atoms with E-state index >= 15 is 0 Å². The Kier molecular flexibility index (Phi) is 6.22. The van der Waals surface area contributed by atoms with Crippen molar-refractivity contribution >= 4 is 34.7 Å². The molecule has 0 spiro atoms. The fourth-order valence-electron chi connectivity index (χ4n) is 4.81. The van der Waals surface area contributed by atoms with Crippen molar-refractivity contribution in [1.29, 1.82) is 0 Å². The van der Waals surface area contributed by atoms with Gasteiger partial charge in [0.25, 0.3) is 0 Å². The molecule has 186 valence electrons. The van der Waals surface area contributed by atoms with E-state index < -0.39 is 23.1 Å². The number of nitrogens with one attached hydrogen (secondary N) is 2. The van der Waals surface area contributed by atoms with Crippen LogP contribution in [0.25, 0.3) is 11.2 Å². The van der Waals surface area contributed by atoms with Crippen LogP contribution in [-0.2, 0) is 4.79 Å². The minimum Gasteiger partial charge on any atom is -0.393 e. The zero-order valence-corrected chi connectivity index (χ0v) is 19.1. The molecule has 12 heteroatoms. The number of benzene rings is 1. The maximum Gasteiger partial charge on any atom is 0.224 e. The molecule has 1 aliphatic carbocycles. The molecule has 1 saturated heterocycles. The van der Waals surface area contributed by atoms with Crippen molar-refractivity contribution in [2.45, 2.75) is 57.2 Å². The van der Waals surface area contributed by atoms with Gasteiger partial charge in [0.2, 0.25) is 17.8 Å². The first-order valence-corrected chi connectivity index (χ1v) is 11.6. The molecule has 1 amide bonds. The lowest BCUT2D eigenvalue weighted by molar-refractivity contribution is -0.127. The highest BCUT2D eigenvalue weighted by molar-refractivity contribution is 5.77. The van der Waals surface area contributed by atoms with Crippen molar-refractivity contribution in [3.63, 3.8) is 0 Å². The number of aromatic nitrogens is 4. The number of amides is 1. The van der Waals surface area contributed by atoms with Gasteiger partial charge in [-0.05, 0) is 32.1 Å². The minimum absolute atomic E-state index is 0.0708. The standard InChI is InChI=1S/C23H26F3N7O2/c1-12(34)32-7-6-15(11-32)33-21-19(10-27-22(31-21)28-14-2-4-16(35)5-3-14)29-23(33)30-20-17(25)8-13(24)9-18(20)26/h8-10,14-16,35H,2-7,11H2,1H3,(H,29,30)(H,27,28,31)/t14-,15-,16-/m1/s1. The van der Waals surface area contributed by atoms with Crippen molar-refractivity contribution in [3.8, 4) is 0 Å². The first-order chi connectivity index (χ1) is 16.8. The molecule has 35 heavy (non-hydrogen) atoms. The Morgan fingerprint density at radius 1 is 1.09 bits per heavy atom. The molecule has 5 rings (SSSR count). The predicted octanol–water partition coefficient (Wildman–Crippen LogP) is 3.50. The SMILES string of the molecule is CC(=O)N1CC[C@@H](n2c(Nc3c(F)cc(F)cc3F)nc3cnc(N[C@H]4CC[C@H](O)CC4)nc32)C1. The molecule has 2 fully saturated rings. The number of halogens is 3. The number of carbonyl (C=O) groups excluding carboxylic acids is 1. The van der Waals surface area contributed by atoms with E-state index in [1.54, 1.807) is 9.47 Å². The molecular formula is C23H26F3N7O2. The van der Waals surface area contributed by atoms with E-state index in [2.05, 4.69) is 25.6 Å². The Morgan fingerprint density at radius 3 is 2.46 bits per heavy atom. The molecule has 1 saturated carbocycles. The number of aliphatic hydroxyl groups is 1. The summed E-state index contributed by atoms with van der Waals surface area (Å²) in [5.41, 5.74) is 0.317. The molecule has 0 radical (unpaired) electrons. The van der Waals surface area contributed by atoms with Crippen LogP contribution in [0.4, 0.5) is 30.8 Å². The Morgan fingerprint density at radius 2 is 1.80 bits per heavy atom. The van der Waals surface area contributed by atoms with Crippen LogP contribution in [0, 0.1) is 17.5 Å². The highest BCUT2D eigenvalue weighted by Crippen LogP contribution is 2.33. The van der Waals surface area contributed by atoms with Crippen LogP contribution < -0.4 is 10.6 Å². The van der Waals surface area contributed by atoms with E-state index in [9.17, 15) is 23.1 Å². The van der Waals surface area contributed by atoms with E-state index in [0.29, 0.717) is 61.6 Å². The van der Waals surface area contributed by atoms with Gasteiger partial charge >= 0.3 is 0 Å². The number of imidazole rings is 1. The summed E-state index contributed by atoms with van der Waals surface area (Å²) in [5, 5.41) is 15.7. The molecule has 2 aromatic heterocycles. The van der Waals surface area contributed by atoms with Gasteiger partial charge in [-0.1, -0.05) is 0 Å². The van der Waals surface area contributed by atoms with Crippen molar-refractivity contribution in [3.05, 3.63) is 35.8 Å². The van der Waals surface area contributed by atoms with E-state index in [1.165, 1.54) is 13.1 Å². The molecule has 3 heterocycles. The molecule has 2 aliphatic rings. The van der Waals surface area contributed by atoms with Crippen LogP contribution in [0.5, 0.6) is 0 Å². The number of likely N-dealkylation sites (tertiary alicyclic amines) is 1. The molecule has 1 atom stereocenters. The molecule has 0 bridgehead atoms. The van der Waals surface area contributed by atoms with Crippen LogP contribution in [-0.4, -0.2) is 60.7 Å². The van der Waals surface area contributed by atoms with E-state index in [4.69, 9.17) is 0 Å². The van der Waals surface area contributed by atoms with Gasteiger partial charge in [0, 0.05) is 38.2 Å². The molecule has 9 nitrogen and oxygen atoms in total. The summed E-state index contributed by atoms with van der Waals surface area (Å²) in [7, 11) is 0. The predicted molar refractivity (Wildman–Crippen MR) is 123 cm³/mol.